The van der Waals surface area contributed by atoms with E-state index in [1.165, 1.54) is 22.4 Å². The van der Waals surface area contributed by atoms with E-state index in [1.54, 1.807) is 18.4 Å². The van der Waals surface area contributed by atoms with Crippen LogP contribution in [0.25, 0.3) is 21.6 Å². The number of thiophene rings is 1. The predicted molar refractivity (Wildman–Crippen MR) is 142 cm³/mol. The largest absolute Gasteiger partial charge is 0.493 e. The maximum atomic E-state index is 12.9. The molecule has 5 rings (SSSR count). The van der Waals surface area contributed by atoms with Crippen molar-refractivity contribution in [2.24, 2.45) is 0 Å². The van der Waals surface area contributed by atoms with Crippen molar-refractivity contribution in [1.29, 1.82) is 0 Å². The SMILES string of the molecule is COc1cc(-c2nc3sc4c(c3c(=O)[nH]2)CCCC4)ccc1OCCOCCOc1ccc(C)cc1. The topological polar surface area (TPSA) is 82.7 Å². The summed E-state index contributed by atoms with van der Waals surface area (Å²) >= 11 is 1.64. The van der Waals surface area contributed by atoms with Gasteiger partial charge in [0.2, 0.25) is 0 Å². The molecule has 0 atom stereocenters. The molecule has 2 aromatic heterocycles. The molecule has 0 unspecified atom stereocenters. The smallest absolute Gasteiger partial charge is 0.260 e. The van der Waals surface area contributed by atoms with Crippen LogP contribution in [-0.2, 0) is 17.6 Å². The molecule has 0 fully saturated rings. The molecule has 0 aliphatic heterocycles. The van der Waals surface area contributed by atoms with Crippen LogP contribution in [0.1, 0.15) is 28.8 Å². The van der Waals surface area contributed by atoms with Gasteiger partial charge in [-0.05, 0) is 68.5 Å². The predicted octanol–water partition coefficient (Wildman–Crippen LogP) is 5.32. The fourth-order valence-corrected chi connectivity index (χ4v) is 5.66. The number of hydrogen-bond donors (Lipinski definition) is 1. The van der Waals surface area contributed by atoms with Crippen LogP contribution in [0.4, 0.5) is 0 Å². The molecule has 0 amide bonds. The summed E-state index contributed by atoms with van der Waals surface area (Å²) in [5.41, 5.74) is 3.09. The van der Waals surface area contributed by atoms with E-state index in [-0.39, 0.29) is 5.56 Å². The molecule has 0 saturated heterocycles. The fraction of sp³-hybridized carbons (Fsp3) is 0.357. The maximum Gasteiger partial charge on any atom is 0.260 e. The third kappa shape index (κ3) is 5.39. The Bertz CT molecular complexity index is 1390. The Hall–Kier alpha value is -3.36. The Morgan fingerprint density at radius 2 is 1.72 bits per heavy atom. The first-order valence-corrected chi connectivity index (χ1v) is 13.1. The number of aromatic nitrogens is 2. The highest BCUT2D eigenvalue weighted by atomic mass is 32.1. The average Bonchev–Trinajstić information content (AvgIpc) is 3.28. The zero-order chi connectivity index (χ0) is 24.9. The lowest BCUT2D eigenvalue weighted by molar-refractivity contribution is 0.0757. The van der Waals surface area contributed by atoms with Crippen LogP contribution in [0.15, 0.2) is 47.3 Å². The van der Waals surface area contributed by atoms with Crippen LogP contribution in [0, 0.1) is 6.92 Å². The number of fused-ring (bicyclic) bond motifs is 3. The molecule has 0 radical (unpaired) electrons. The van der Waals surface area contributed by atoms with Gasteiger partial charge in [-0.2, -0.15) is 0 Å². The van der Waals surface area contributed by atoms with E-state index in [4.69, 9.17) is 23.9 Å². The highest BCUT2D eigenvalue weighted by Crippen LogP contribution is 2.35. The number of methoxy groups -OCH3 is 1. The molecule has 7 nitrogen and oxygen atoms in total. The second-order valence-corrected chi connectivity index (χ2v) is 9.88. The first-order valence-electron chi connectivity index (χ1n) is 12.3. The van der Waals surface area contributed by atoms with Crippen molar-refractivity contribution < 1.29 is 18.9 Å². The van der Waals surface area contributed by atoms with Crippen molar-refractivity contribution >= 4 is 21.6 Å². The van der Waals surface area contributed by atoms with Crippen LogP contribution in [0.5, 0.6) is 17.2 Å². The number of rotatable bonds is 10. The zero-order valence-electron chi connectivity index (χ0n) is 20.6. The molecule has 1 aliphatic rings. The van der Waals surface area contributed by atoms with Crippen LogP contribution in [-0.4, -0.2) is 43.5 Å². The summed E-state index contributed by atoms with van der Waals surface area (Å²) in [6, 6.07) is 13.5. The number of H-pyrrole nitrogens is 1. The monoisotopic (exact) mass is 506 g/mol. The van der Waals surface area contributed by atoms with Crippen LogP contribution < -0.4 is 19.8 Å². The van der Waals surface area contributed by atoms with Gasteiger partial charge >= 0.3 is 0 Å². The van der Waals surface area contributed by atoms with Crippen molar-refractivity contribution in [1.82, 2.24) is 9.97 Å². The molecule has 1 N–H and O–H groups in total. The Kier molecular flexibility index (Phi) is 7.53. The van der Waals surface area contributed by atoms with E-state index in [1.807, 2.05) is 49.4 Å². The van der Waals surface area contributed by atoms with Gasteiger partial charge in [0, 0.05) is 10.4 Å². The van der Waals surface area contributed by atoms with Gasteiger partial charge in [0.05, 0.1) is 25.7 Å². The molecule has 36 heavy (non-hydrogen) atoms. The summed E-state index contributed by atoms with van der Waals surface area (Å²) in [4.78, 5) is 22.8. The lowest BCUT2D eigenvalue weighted by Gasteiger charge is -2.13. The normalized spacial score (nSPS) is 12.9. The van der Waals surface area contributed by atoms with E-state index in [9.17, 15) is 4.79 Å². The number of nitrogens with one attached hydrogen (secondary N) is 1. The quantitative estimate of drug-likeness (QED) is 0.293. The third-order valence-electron chi connectivity index (χ3n) is 6.26. The molecule has 8 heteroatoms. The number of nitrogens with zero attached hydrogens (tertiary/aromatic N) is 1. The maximum absolute atomic E-state index is 12.9. The zero-order valence-corrected chi connectivity index (χ0v) is 21.4. The Labute approximate surface area is 214 Å². The van der Waals surface area contributed by atoms with Crippen molar-refractivity contribution in [2.75, 3.05) is 33.5 Å². The van der Waals surface area contributed by atoms with Crippen molar-refractivity contribution in [3.63, 3.8) is 0 Å². The van der Waals surface area contributed by atoms with Crippen LogP contribution in [0.2, 0.25) is 0 Å². The van der Waals surface area contributed by atoms with Crippen molar-refractivity contribution in [3.05, 3.63) is 68.8 Å². The molecular weight excluding hydrogens is 476 g/mol. The van der Waals surface area contributed by atoms with Gasteiger partial charge in [0.25, 0.3) is 5.56 Å². The molecule has 0 spiro atoms. The summed E-state index contributed by atoms with van der Waals surface area (Å²) in [6.07, 6.45) is 4.30. The van der Waals surface area contributed by atoms with Crippen molar-refractivity contribution in [3.8, 4) is 28.6 Å². The number of ether oxygens (including phenoxy) is 4. The van der Waals surface area contributed by atoms with Crippen LogP contribution >= 0.6 is 11.3 Å². The van der Waals surface area contributed by atoms with Gasteiger partial charge in [-0.3, -0.25) is 4.79 Å². The summed E-state index contributed by atoms with van der Waals surface area (Å²) in [5.74, 6) is 2.55. The van der Waals surface area contributed by atoms with E-state index in [0.717, 1.165) is 40.8 Å². The third-order valence-corrected chi connectivity index (χ3v) is 7.45. The minimum absolute atomic E-state index is 0.0720. The van der Waals surface area contributed by atoms with Crippen LogP contribution in [0.3, 0.4) is 0 Å². The summed E-state index contributed by atoms with van der Waals surface area (Å²) in [7, 11) is 1.59. The highest BCUT2D eigenvalue weighted by molar-refractivity contribution is 7.18. The van der Waals surface area contributed by atoms with Gasteiger partial charge in [0.1, 0.15) is 29.6 Å². The van der Waals surface area contributed by atoms with E-state index in [2.05, 4.69) is 4.98 Å². The Balaban J connectivity index is 1.18. The van der Waals surface area contributed by atoms with Crippen molar-refractivity contribution in [2.45, 2.75) is 32.6 Å². The standard InChI is InChI=1S/C28H30N2O5S/c1-18-7-10-20(11-8-18)34-15-13-33-14-16-35-22-12-9-19(17-23(22)32-2)26-29-27(31)25-21-5-3-4-6-24(21)36-28(25)30-26/h7-12,17H,3-6,13-16H2,1-2H3,(H,29,30,31). The Morgan fingerprint density at radius 3 is 2.53 bits per heavy atom. The molecule has 1 aliphatic carbocycles. The van der Waals surface area contributed by atoms with Gasteiger partial charge < -0.3 is 23.9 Å². The molecule has 0 saturated carbocycles. The summed E-state index contributed by atoms with van der Waals surface area (Å²) < 4.78 is 22.7. The van der Waals surface area contributed by atoms with E-state index in [0.29, 0.717) is 43.8 Å². The molecule has 2 heterocycles. The lowest BCUT2D eigenvalue weighted by Crippen LogP contribution is -2.12. The minimum atomic E-state index is -0.0720. The summed E-state index contributed by atoms with van der Waals surface area (Å²) in [6.45, 7) is 3.80. The fourth-order valence-electron chi connectivity index (χ4n) is 4.40. The molecule has 0 bridgehead atoms. The first-order chi connectivity index (χ1) is 17.6. The number of aromatic amines is 1. The molecular formula is C28H30N2O5S. The van der Waals surface area contributed by atoms with Gasteiger partial charge in [-0.1, -0.05) is 17.7 Å². The number of aryl methyl sites for hydroxylation is 3. The highest BCUT2D eigenvalue weighted by Gasteiger charge is 2.20. The first kappa shape index (κ1) is 24.3. The minimum Gasteiger partial charge on any atom is -0.493 e. The second kappa shape index (κ2) is 11.1. The average molecular weight is 507 g/mol. The molecule has 2 aromatic carbocycles. The second-order valence-electron chi connectivity index (χ2n) is 8.79. The van der Waals surface area contributed by atoms with Gasteiger partial charge in [-0.25, -0.2) is 4.98 Å². The number of benzene rings is 2. The summed E-state index contributed by atoms with van der Waals surface area (Å²) in [5, 5.41) is 0.759. The number of hydrogen-bond acceptors (Lipinski definition) is 7. The molecule has 188 valence electrons. The molecule has 4 aromatic rings. The lowest BCUT2D eigenvalue weighted by atomic mass is 9.97. The Morgan fingerprint density at radius 1 is 0.944 bits per heavy atom. The van der Waals surface area contributed by atoms with Gasteiger partial charge in [0.15, 0.2) is 11.5 Å². The van der Waals surface area contributed by atoms with E-state index < -0.39 is 0 Å². The van der Waals surface area contributed by atoms with Gasteiger partial charge in [-0.15, -0.1) is 11.3 Å². The van der Waals surface area contributed by atoms with E-state index >= 15 is 0 Å².